The van der Waals surface area contributed by atoms with Crippen LogP contribution in [0.4, 0.5) is 10.5 Å². The van der Waals surface area contributed by atoms with Gasteiger partial charge < -0.3 is 19.9 Å². The van der Waals surface area contributed by atoms with Gasteiger partial charge in [-0.1, -0.05) is 0 Å². The number of hydrogen-bond donors (Lipinski definition) is 1. The zero-order chi connectivity index (χ0) is 25.8. The highest BCUT2D eigenvalue weighted by Crippen LogP contribution is 2.48. The third-order valence-electron chi connectivity index (χ3n) is 7.46. The average molecular weight is 491 g/mol. The molecule has 6 atom stereocenters. The summed E-state index contributed by atoms with van der Waals surface area (Å²) in [6.45, 7) is 5.98. The van der Waals surface area contributed by atoms with E-state index in [0.717, 1.165) is 12.1 Å². The lowest BCUT2D eigenvalue weighted by Gasteiger charge is -2.36. The molecule has 0 radical (unpaired) electrons. The van der Waals surface area contributed by atoms with Crippen molar-refractivity contribution in [3.05, 3.63) is 29.8 Å². The number of benzene rings is 1. The number of nitriles is 2. The van der Waals surface area contributed by atoms with Gasteiger partial charge in [-0.15, -0.1) is 0 Å². The van der Waals surface area contributed by atoms with Crippen molar-refractivity contribution < 1.29 is 19.1 Å². The van der Waals surface area contributed by atoms with Crippen molar-refractivity contribution in [3.8, 4) is 12.1 Å². The van der Waals surface area contributed by atoms with Crippen LogP contribution in [-0.2, 0) is 14.3 Å². The van der Waals surface area contributed by atoms with Gasteiger partial charge in [-0.2, -0.15) is 10.5 Å². The fourth-order valence-corrected chi connectivity index (χ4v) is 5.84. The molecule has 10 heteroatoms. The number of fused-ring (bicyclic) bond motifs is 3. The second-order valence-electron chi connectivity index (χ2n) is 11.1. The van der Waals surface area contributed by atoms with E-state index in [1.807, 2.05) is 4.90 Å². The lowest BCUT2D eigenvalue weighted by Crippen LogP contribution is -2.59. The maximum absolute atomic E-state index is 13.6. The lowest BCUT2D eigenvalue weighted by molar-refractivity contribution is -0.136. The number of hydrogen-bond acceptors (Lipinski definition) is 7. The lowest BCUT2D eigenvalue weighted by atomic mass is 10.1. The Morgan fingerprint density at radius 2 is 1.89 bits per heavy atom. The number of nitrogens with zero attached hydrogens (tertiary/aromatic N) is 5. The Labute approximate surface area is 210 Å². The quantitative estimate of drug-likeness (QED) is 0.666. The summed E-state index contributed by atoms with van der Waals surface area (Å²) < 4.78 is 5.41. The number of nitrogens with one attached hydrogen (secondary N) is 1. The zero-order valence-electron chi connectivity index (χ0n) is 20.7. The molecule has 3 saturated heterocycles. The highest BCUT2D eigenvalue weighted by atomic mass is 16.6. The van der Waals surface area contributed by atoms with Crippen LogP contribution in [0.1, 0.15) is 45.6 Å². The van der Waals surface area contributed by atoms with Gasteiger partial charge in [0.05, 0.1) is 29.8 Å². The zero-order valence-corrected chi connectivity index (χ0v) is 20.7. The van der Waals surface area contributed by atoms with E-state index in [1.54, 1.807) is 54.8 Å². The molecule has 4 aliphatic rings. The Bertz CT molecular complexity index is 1160. The molecule has 10 nitrogen and oxygen atoms in total. The third kappa shape index (κ3) is 4.38. The van der Waals surface area contributed by atoms with E-state index in [0.29, 0.717) is 30.9 Å². The normalized spacial score (nSPS) is 29.4. The third-order valence-corrected chi connectivity index (χ3v) is 7.46. The highest BCUT2D eigenvalue weighted by Gasteiger charge is 2.56. The molecule has 2 bridgehead atoms. The first-order valence-electron chi connectivity index (χ1n) is 12.4. The number of alkyl carbamates (subject to hydrolysis) is 1. The first-order valence-corrected chi connectivity index (χ1v) is 12.4. The topological polar surface area (TPSA) is 130 Å². The van der Waals surface area contributed by atoms with E-state index >= 15 is 0 Å². The Hall–Kier alpha value is -3.63. The minimum atomic E-state index is -0.925. The van der Waals surface area contributed by atoms with E-state index in [1.165, 1.54) is 0 Å². The molecule has 1 aliphatic carbocycles. The summed E-state index contributed by atoms with van der Waals surface area (Å²) in [4.78, 5) is 44.9. The van der Waals surface area contributed by atoms with Crippen molar-refractivity contribution in [3.63, 3.8) is 0 Å². The Kier molecular flexibility index (Phi) is 5.88. The molecule has 36 heavy (non-hydrogen) atoms. The molecular weight excluding hydrogens is 460 g/mol. The minimum Gasteiger partial charge on any atom is -0.444 e. The summed E-state index contributed by atoms with van der Waals surface area (Å²) in [5.74, 6) is 0.000434. The first-order chi connectivity index (χ1) is 17.1. The Balaban J connectivity index is 1.32. The number of piperazine rings is 1. The maximum Gasteiger partial charge on any atom is 0.408 e. The molecule has 0 aromatic heterocycles. The van der Waals surface area contributed by atoms with Crippen LogP contribution < -0.4 is 10.2 Å². The van der Waals surface area contributed by atoms with Crippen molar-refractivity contribution in [2.75, 3.05) is 18.0 Å². The van der Waals surface area contributed by atoms with Crippen LogP contribution in [0, 0.1) is 28.6 Å². The van der Waals surface area contributed by atoms with Gasteiger partial charge in [0.15, 0.2) is 0 Å². The van der Waals surface area contributed by atoms with Crippen molar-refractivity contribution in [2.45, 2.75) is 75.8 Å². The first kappa shape index (κ1) is 24.1. The minimum absolute atomic E-state index is 0.0496. The fourth-order valence-electron chi connectivity index (χ4n) is 5.84. The van der Waals surface area contributed by atoms with E-state index in [9.17, 15) is 19.6 Å². The number of anilines is 1. The number of rotatable bonds is 5. The van der Waals surface area contributed by atoms with Crippen LogP contribution in [0.25, 0.3) is 0 Å². The summed E-state index contributed by atoms with van der Waals surface area (Å²) in [5.41, 5.74) is 0.549. The summed E-state index contributed by atoms with van der Waals surface area (Å²) in [7, 11) is 0. The summed E-state index contributed by atoms with van der Waals surface area (Å²) in [5, 5.41) is 21.4. The predicted molar refractivity (Wildman–Crippen MR) is 128 cm³/mol. The van der Waals surface area contributed by atoms with Crippen LogP contribution in [0.5, 0.6) is 0 Å². The molecule has 3 unspecified atom stereocenters. The molecule has 1 aromatic rings. The van der Waals surface area contributed by atoms with Crippen molar-refractivity contribution in [2.24, 2.45) is 5.92 Å². The van der Waals surface area contributed by atoms with Gasteiger partial charge >= 0.3 is 6.09 Å². The number of carbonyl (C=O) groups is 3. The molecule has 1 saturated carbocycles. The van der Waals surface area contributed by atoms with Gasteiger partial charge in [0, 0.05) is 24.8 Å². The molecule has 1 aromatic carbocycles. The van der Waals surface area contributed by atoms with Crippen LogP contribution in [0.2, 0.25) is 0 Å². The number of piperidine rings is 1. The SMILES string of the molecule is CC(C)(C)OC(=O)NC(CN1C[C@@H]2CC1C(=O)N2c1ccc(C#N)cc1)C(=O)N1C(C#N)C[C@@H]2C[C@@H]21. The second-order valence-corrected chi connectivity index (χ2v) is 11.1. The summed E-state index contributed by atoms with van der Waals surface area (Å²) in [6.07, 6.45) is 1.48. The van der Waals surface area contributed by atoms with Gasteiger partial charge in [-0.3, -0.25) is 14.5 Å². The smallest absolute Gasteiger partial charge is 0.408 e. The highest BCUT2D eigenvalue weighted by molar-refractivity contribution is 6.01. The summed E-state index contributed by atoms with van der Waals surface area (Å²) in [6, 6.07) is 9.42. The molecule has 4 fully saturated rings. The van der Waals surface area contributed by atoms with Crippen molar-refractivity contribution in [1.82, 2.24) is 15.1 Å². The average Bonchev–Trinajstić information content (AvgIpc) is 3.15. The largest absolute Gasteiger partial charge is 0.444 e. The maximum atomic E-state index is 13.6. The van der Waals surface area contributed by atoms with Gasteiger partial charge in [0.25, 0.3) is 0 Å². The molecule has 0 spiro atoms. The molecule has 188 valence electrons. The van der Waals surface area contributed by atoms with E-state index in [2.05, 4.69) is 17.5 Å². The van der Waals surface area contributed by atoms with E-state index in [4.69, 9.17) is 10.00 Å². The Morgan fingerprint density at radius 1 is 1.17 bits per heavy atom. The monoisotopic (exact) mass is 490 g/mol. The predicted octanol–water partition coefficient (Wildman–Crippen LogP) is 1.75. The standard InChI is InChI=1S/C26H30N6O4/c1-26(2,3)36-25(35)29-20(23(33)32-18(12-28)8-16-9-21(16)32)14-30-13-19-10-22(30)24(34)31(19)17-6-4-15(11-27)5-7-17/h4-7,16,18-22H,8-10,13-14H2,1-3H3,(H,29,35)/t16-,18?,19+,20?,21+,22?/m1/s1. The molecule has 3 heterocycles. The second kappa shape index (κ2) is 8.79. The number of carbonyl (C=O) groups excluding carboxylic acids is 3. The van der Waals surface area contributed by atoms with Crippen LogP contribution >= 0.6 is 0 Å². The van der Waals surface area contributed by atoms with Crippen LogP contribution in [0.3, 0.4) is 0 Å². The molecule has 5 rings (SSSR count). The molecule has 1 N–H and O–H groups in total. The van der Waals surface area contributed by atoms with Gasteiger partial charge in [-0.25, -0.2) is 4.79 Å². The van der Waals surface area contributed by atoms with Crippen LogP contribution in [0.15, 0.2) is 24.3 Å². The van der Waals surface area contributed by atoms with Crippen LogP contribution in [-0.4, -0.2) is 76.6 Å². The van der Waals surface area contributed by atoms with E-state index < -0.39 is 29.8 Å². The van der Waals surface area contributed by atoms with Gasteiger partial charge in [-0.05, 0) is 70.2 Å². The molecule has 3 aliphatic heterocycles. The van der Waals surface area contributed by atoms with Gasteiger partial charge in [0.2, 0.25) is 11.8 Å². The van der Waals surface area contributed by atoms with Crippen molar-refractivity contribution in [1.29, 1.82) is 10.5 Å². The molecule has 3 amide bonds. The number of ether oxygens (including phenoxy) is 1. The van der Waals surface area contributed by atoms with Gasteiger partial charge in [0.1, 0.15) is 17.7 Å². The molecular formula is C26H30N6O4. The van der Waals surface area contributed by atoms with Crippen molar-refractivity contribution >= 4 is 23.6 Å². The van der Waals surface area contributed by atoms with E-state index in [-0.39, 0.29) is 30.4 Å². The summed E-state index contributed by atoms with van der Waals surface area (Å²) >= 11 is 0. The number of likely N-dealkylation sites (tertiary alicyclic amines) is 2. The number of amides is 3. The Morgan fingerprint density at radius 3 is 2.50 bits per heavy atom. The fraction of sp³-hybridized carbons (Fsp3) is 0.577.